The smallest absolute Gasteiger partial charge is 0.332 e. The van der Waals surface area contributed by atoms with Crippen LogP contribution in [0.15, 0.2) is 52.9 Å². The van der Waals surface area contributed by atoms with Gasteiger partial charge in [0.15, 0.2) is 9.84 Å². The van der Waals surface area contributed by atoms with Crippen LogP contribution in [0.4, 0.5) is 4.39 Å². The number of aliphatic carboxylic acids is 1. The average molecular weight is 378 g/mol. The number of aliphatic hydroxyl groups is 1. The predicted molar refractivity (Wildman–Crippen MR) is 96.0 cm³/mol. The number of hydrogen-bond acceptors (Lipinski definition) is 4. The Morgan fingerprint density at radius 2 is 1.65 bits per heavy atom. The van der Waals surface area contributed by atoms with Gasteiger partial charge in [-0.05, 0) is 47.4 Å². The zero-order valence-corrected chi connectivity index (χ0v) is 15.2. The van der Waals surface area contributed by atoms with Crippen LogP contribution in [-0.4, -0.2) is 37.5 Å². The summed E-state index contributed by atoms with van der Waals surface area (Å²) in [4.78, 5) is 11.8. The largest absolute Gasteiger partial charge is 0.478 e. The summed E-state index contributed by atoms with van der Waals surface area (Å²) in [6, 6.07) is 10.1. The van der Waals surface area contributed by atoms with Crippen LogP contribution in [0.2, 0.25) is 0 Å². The van der Waals surface area contributed by atoms with E-state index in [9.17, 15) is 27.8 Å². The van der Waals surface area contributed by atoms with Gasteiger partial charge in [-0.15, -0.1) is 0 Å². The maximum atomic E-state index is 14.0. The van der Waals surface area contributed by atoms with Crippen molar-refractivity contribution in [3.05, 3.63) is 70.5 Å². The molecule has 0 fully saturated rings. The van der Waals surface area contributed by atoms with Crippen molar-refractivity contribution < 1.29 is 27.8 Å². The highest BCUT2D eigenvalue weighted by atomic mass is 32.2. The quantitative estimate of drug-likeness (QED) is 0.754. The third-order valence-corrected chi connectivity index (χ3v) is 5.08. The molecule has 0 amide bonds. The fourth-order valence-corrected chi connectivity index (χ4v) is 3.21. The number of hydrogen-bond donors (Lipinski definition) is 2. The Morgan fingerprint density at radius 3 is 2.12 bits per heavy atom. The Kier molecular flexibility index (Phi) is 5.94. The first-order valence-corrected chi connectivity index (χ1v) is 9.68. The summed E-state index contributed by atoms with van der Waals surface area (Å²) in [6.45, 7) is 1.20. The second kappa shape index (κ2) is 7.80. The van der Waals surface area contributed by atoms with Crippen molar-refractivity contribution >= 4 is 21.4 Å². The van der Waals surface area contributed by atoms with Crippen molar-refractivity contribution in [1.29, 1.82) is 0 Å². The van der Waals surface area contributed by atoms with Crippen LogP contribution in [0.1, 0.15) is 23.1 Å². The van der Waals surface area contributed by atoms with E-state index in [1.165, 1.54) is 36.4 Å². The van der Waals surface area contributed by atoms with Crippen molar-refractivity contribution in [2.45, 2.75) is 18.2 Å². The summed E-state index contributed by atoms with van der Waals surface area (Å²) in [5.74, 6) is -1.72. The number of aliphatic hydroxyl groups excluding tert-OH is 1. The number of carbonyl (C=O) groups is 1. The third-order valence-electron chi connectivity index (χ3n) is 3.95. The second-order valence-electron chi connectivity index (χ2n) is 5.89. The summed E-state index contributed by atoms with van der Waals surface area (Å²) < 4.78 is 37.3. The fraction of sp³-hybridized carbons (Fsp3) is 0.211. The highest BCUT2D eigenvalue weighted by Gasteiger charge is 2.19. The first-order valence-electron chi connectivity index (χ1n) is 7.79. The molecule has 0 aromatic heterocycles. The Morgan fingerprint density at radius 1 is 1.08 bits per heavy atom. The number of benzene rings is 2. The van der Waals surface area contributed by atoms with Gasteiger partial charge in [0.1, 0.15) is 5.82 Å². The highest BCUT2D eigenvalue weighted by molar-refractivity contribution is 7.90. The SMILES string of the molecule is Cc1ccc(/C(=C(\CCO)C(=O)O)c2ccc(S(C)(=O)=O)cc2)cc1F. The van der Waals surface area contributed by atoms with Gasteiger partial charge in [-0.3, -0.25) is 0 Å². The van der Waals surface area contributed by atoms with Crippen molar-refractivity contribution in [2.75, 3.05) is 12.9 Å². The Balaban J connectivity index is 2.73. The zero-order chi connectivity index (χ0) is 19.5. The number of carboxylic acids is 1. The maximum absolute atomic E-state index is 14.0. The molecule has 0 unspecified atom stereocenters. The average Bonchev–Trinajstić information content (AvgIpc) is 2.57. The van der Waals surface area contributed by atoms with E-state index in [4.69, 9.17) is 0 Å². The van der Waals surface area contributed by atoms with Gasteiger partial charge in [-0.25, -0.2) is 17.6 Å². The summed E-state index contributed by atoms with van der Waals surface area (Å²) in [6.07, 6.45) is 0.941. The summed E-state index contributed by atoms with van der Waals surface area (Å²) in [5.41, 5.74) is 1.34. The van der Waals surface area contributed by atoms with E-state index >= 15 is 0 Å². The van der Waals surface area contributed by atoms with Gasteiger partial charge in [0, 0.05) is 24.9 Å². The molecule has 2 N–H and O–H groups in total. The van der Waals surface area contributed by atoms with E-state index in [0.717, 1.165) is 6.26 Å². The van der Waals surface area contributed by atoms with Crippen LogP contribution in [0.25, 0.3) is 5.57 Å². The van der Waals surface area contributed by atoms with E-state index in [1.807, 2.05) is 0 Å². The molecular formula is C19H19FO5S. The van der Waals surface area contributed by atoms with Crippen LogP contribution in [-0.2, 0) is 14.6 Å². The first-order chi connectivity index (χ1) is 12.1. The van der Waals surface area contributed by atoms with Gasteiger partial charge in [0.25, 0.3) is 0 Å². The standard InChI is InChI=1S/C19H19FO5S/c1-12-3-4-14(11-17(12)20)18(16(9-10-21)19(22)23)13-5-7-15(8-6-13)26(2,24)25/h3-8,11,21H,9-10H2,1-2H3,(H,22,23)/b18-16+. The number of sulfone groups is 1. The molecule has 138 valence electrons. The Bertz CT molecular complexity index is 960. The maximum Gasteiger partial charge on any atom is 0.332 e. The monoisotopic (exact) mass is 378 g/mol. The first kappa shape index (κ1) is 19.8. The zero-order valence-electron chi connectivity index (χ0n) is 14.4. The molecule has 2 aromatic rings. The molecule has 5 nitrogen and oxygen atoms in total. The summed E-state index contributed by atoms with van der Waals surface area (Å²) >= 11 is 0. The molecule has 0 atom stereocenters. The molecule has 0 bridgehead atoms. The van der Waals surface area contributed by atoms with E-state index in [0.29, 0.717) is 16.7 Å². The van der Waals surface area contributed by atoms with E-state index in [-0.39, 0.29) is 29.1 Å². The molecule has 2 aromatic carbocycles. The van der Waals surface area contributed by atoms with Crippen molar-refractivity contribution in [2.24, 2.45) is 0 Å². The topological polar surface area (TPSA) is 91.7 Å². The molecule has 2 rings (SSSR count). The van der Waals surface area contributed by atoms with Crippen LogP contribution in [0.5, 0.6) is 0 Å². The summed E-state index contributed by atoms with van der Waals surface area (Å²) in [5, 5.41) is 18.8. The lowest BCUT2D eigenvalue weighted by Gasteiger charge is -2.14. The van der Waals surface area contributed by atoms with E-state index in [1.54, 1.807) is 13.0 Å². The van der Waals surface area contributed by atoms with Crippen molar-refractivity contribution in [1.82, 2.24) is 0 Å². The minimum absolute atomic E-state index is 0.0807. The molecule has 0 aliphatic rings. The van der Waals surface area contributed by atoms with Gasteiger partial charge in [-0.2, -0.15) is 0 Å². The molecule has 0 saturated carbocycles. The molecule has 0 spiro atoms. The number of aryl methyl sites for hydroxylation is 1. The van der Waals surface area contributed by atoms with Crippen molar-refractivity contribution in [3.8, 4) is 0 Å². The molecular weight excluding hydrogens is 359 g/mol. The van der Waals surface area contributed by atoms with Crippen LogP contribution < -0.4 is 0 Å². The lowest BCUT2D eigenvalue weighted by Crippen LogP contribution is -2.08. The molecule has 0 heterocycles. The number of halogens is 1. The number of rotatable bonds is 6. The third kappa shape index (κ3) is 4.36. The molecule has 7 heteroatoms. The normalized spacial score (nSPS) is 12.6. The Labute approximate surface area is 151 Å². The van der Waals surface area contributed by atoms with E-state index in [2.05, 4.69) is 0 Å². The molecule has 0 aliphatic heterocycles. The summed E-state index contributed by atoms with van der Waals surface area (Å²) in [7, 11) is -3.40. The minimum Gasteiger partial charge on any atom is -0.478 e. The minimum atomic E-state index is -3.40. The molecule has 0 saturated heterocycles. The van der Waals surface area contributed by atoms with Gasteiger partial charge in [0.2, 0.25) is 0 Å². The highest BCUT2D eigenvalue weighted by Crippen LogP contribution is 2.30. The van der Waals surface area contributed by atoms with Crippen molar-refractivity contribution in [3.63, 3.8) is 0 Å². The predicted octanol–water partition coefficient (Wildman–Crippen LogP) is 2.81. The fourth-order valence-electron chi connectivity index (χ4n) is 2.58. The number of carboxylic acid groups (broad SMARTS) is 1. The van der Waals surface area contributed by atoms with E-state index < -0.39 is 21.6 Å². The van der Waals surface area contributed by atoms with Gasteiger partial charge >= 0.3 is 5.97 Å². The molecule has 26 heavy (non-hydrogen) atoms. The lowest BCUT2D eigenvalue weighted by molar-refractivity contribution is -0.132. The molecule has 0 aliphatic carbocycles. The van der Waals surface area contributed by atoms with Crippen LogP contribution >= 0.6 is 0 Å². The van der Waals surface area contributed by atoms with Crippen LogP contribution in [0.3, 0.4) is 0 Å². The molecule has 0 radical (unpaired) electrons. The van der Waals surface area contributed by atoms with Crippen LogP contribution in [0, 0.1) is 12.7 Å². The lowest BCUT2D eigenvalue weighted by atomic mass is 9.91. The van der Waals surface area contributed by atoms with Gasteiger partial charge in [0.05, 0.1) is 4.90 Å². The second-order valence-corrected chi connectivity index (χ2v) is 7.91. The Hall–Kier alpha value is -2.51. The van der Waals surface area contributed by atoms with Gasteiger partial charge < -0.3 is 10.2 Å². The van der Waals surface area contributed by atoms with Gasteiger partial charge in [-0.1, -0.05) is 24.3 Å².